The molecule has 2 N–H and O–H groups in total. The Morgan fingerprint density at radius 1 is 1.08 bits per heavy atom. The van der Waals surface area contributed by atoms with E-state index in [1.807, 2.05) is 12.1 Å². The molecule has 2 aromatic carbocycles. The topological polar surface area (TPSA) is 117 Å². The molecular formula is C27H25N3O5S. The third-order valence-electron chi connectivity index (χ3n) is 5.69. The summed E-state index contributed by atoms with van der Waals surface area (Å²) in [6.07, 6.45) is 1.31. The number of nitrogens with zero attached hydrogens (tertiary/aromatic N) is 2. The van der Waals surface area contributed by atoms with Gasteiger partial charge in [0, 0.05) is 0 Å². The average molecular weight is 504 g/mol. The van der Waals surface area contributed by atoms with Crippen LogP contribution in [-0.4, -0.2) is 30.9 Å². The largest absolute Gasteiger partial charge is 0.497 e. The van der Waals surface area contributed by atoms with E-state index in [1.54, 1.807) is 70.5 Å². The number of nitrogens with two attached hydrogens (primary N) is 1. The Bertz CT molecular complexity index is 1560. The zero-order valence-electron chi connectivity index (χ0n) is 20.3. The predicted molar refractivity (Wildman–Crippen MR) is 138 cm³/mol. The Labute approximate surface area is 211 Å². The van der Waals surface area contributed by atoms with Crippen molar-refractivity contribution in [1.29, 1.82) is 5.26 Å². The van der Waals surface area contributed by atoms with E-state index in [9.17, 15) is 14.9 Å². The van der Waals surface area contributed by atoms with Gasteiger partial charge in [0.1, 0.15) is 22.0 Å². The Balaban J connectivity index is 2.03. The zero-order chi connectivity index (χ0) is 26.0. The summed E-state index contributed by atoms with van der Waals surface area (Å²) in [4.78, 5) is 26.8. The minimum absolute atomic E-state index is 0.00922. The van der Waals surface area contributed by atoms with E-state index >= 15 is 0 Å². The summed E-state index contributed by atoms with van der Waals surface area (Å²) >= 11 is 1.13. The number of esters is 1. The number of fused-ring (bicyclic) bond motifs is 1. The first-order valence-corrected chi connectivity index (χ1v) is 12.0. The fraction of sp³-hybridized carbons (Fsp3) is 0.222. The van der Waals surface area contributed by atoms with Crippen LogP contribution in [0, 0.1) is 11.3 Å². The molecule has 0 amide bonds. The van der Waals surface area contributed by atoms with Crippen molar-refractivity contribution in [3.63, 3.8) is 0 Å². The van der Waals surface area contributed by atoms with E-state index in [1.165, 1.54) is 4.57 Å². The molecule has 184 valence electrons. The number of carbonyl (C=O) groups is 1. The lowest BCUT2D eigenvalue weighted by Gasteiger charge is -2.25. The maximum atomic E-state index is 13.4. The van der Waals surface area contributed by atoms with E-state index in [4.69, 9.17) is 19.9 Å². The SMILES string of the molecule is COc1ccc(/C=c2\sc3n(c2=O)C(N)=C(C#N)[C@@H](c2ccc(OC)cc2)C=3C(=O)OC(C)C)cc1. The smallest absolute Gasteiger partial charge is 0.338 e. The highest BCUT2D eigenvalue weighted by atomic mass is 32.1. The Morgan fingerprint density at radius 2 is 1.67 bits per heavy atom. The van der Waals surface area contributed by atoms with Crippen molar-refractivity contribution in [2.24, 2.45) is 5.73 Å². The molecule has 0 fully saturated rings. The second-order valence-corrected chi connectivity index (χ2v) is 9.34. The number of nitriles is 1. The minimum atomic E-state index is -0.806. The number of rotatable bonds is 6. The lowest BCUT2D eigenvalue weighted by molar-refractivity contribution is -0.140. The maximum Gasteiger partial charge on any atom is 0.338 e. The molecule has 8 nitrogen and oxygen atoms in total. The number of thiazole rings is 1. The fourth-order valence-electron chi connectivity index (χ4n) is 4.00. The minimum Gasteiger partial charge on any atom is -0.497 e. The molecule has 9 heteroatoms. The van der Waals surface area contributed by atoms with E-state index in [0.717, 1.165) is 16.9 Å². The summed E-state index contributed by atoms with van der Waals surface area (Å²) in [6.45, 7) is 3.48. The van der Waals surface area contributed by atoms with Gasteiger partial charge in [0.15, 0.2) is 0 Å². The molecule has 1 aromatic heterocycles. The second kappa shape index (κ2) is 10.1. The van der Waals surface area contributed by atoms with Gasteiger partial charge in [-0.15, -0.1) is 11.3 Å². The van der Waals surface area contributed by atoms with E-state index in [0.29, 0.717) is 26.3 Å². The third-order valence-corrected chi connectivity index (χ3v) is 6.80. The number of benzene rings is 2. The van der Waals surface area contributed by atoms with Gasteiger partial charge < -0.3 is 19.9 Å². The van der Waals surface area contributed by atoms with Crippen molar-refractivity contribution in [3.05, 3.63) is 84.8 Å². The Morgan fingerprint density at radius 3 is 2.19 bits per heavy atom. The van der Waals surface area contributed by atoms with Crippen LogP contribution in [0.4, 0.5) is 0 Å². The number of hydrogen-bond acceptors (Lipinski definition) is 8. The first-order valence-electron chi connectivity index (χ1n) is 11.2. The summed E-state index contributed by atoms with van der Waals surface area (Å²) in [5, 5.41) is 10.1. The van der Waals surface area contributed by atoms with Crippen molar-refractivity contribution in [1.82, 2.24) is 4.57 Å². The van der Waals surface area contributed by atoms with Gasteiger partial charge in [0.2, 0.25) is 0 Å². The molecule has 1 aliphatic rings. The van der Waals surface area contributed by atoms with Crippen molar-refractivity contribution in [2.75, 3.05) is 14.2 Å². The van der Waals surface area contributed by atoms with Gasteiger partial charge in [-0.3, -0.25) is 9.36 Å². The first-order chi connectivity index (χ1) is 17.3. The van der Waals surface area contributed by atoms with Crippen LogP contribution >= 0.6 is 11.3 Å². The highest BCUT2D eigenvalue weighted by molar-refractivity contribution is 7.07. The molecule has 36 heavy (non-hydrogen) atoms. The normalized spacial score (nSPS) is 15.5. The van der Waals surface area contributed by atoms with E-state index in [-0.39, 0.29) is 17.0 Å². The molecule has 1 aliphatic heterocycles. The van der Waals surface area contributed by atoms with Crippen molar-refractivity contribution in [3.8, 4) is 17.6 Å². The zero-order valence-corrected chi connectivity index (χ0v) is 21.1. The van der Waals surface area contributed by atoms with Gasteiger partial charge >= 0.3 is 5.97 Å². The molecule has 0 bridgehead atoms. The van der Waals surface area contributed by atoms with Gasteiger partial charge in [0.25, 0.3) is 5.56 Å². The molecule has 0 spiro atoms. The van der Waals surface area contributed by atoms with Gasteiger partial charge in [-0.2, -0.15) is 5.26 Å². The number of carbonyl (C=O) groups excluding carboxylic acids is 1. The quantitative estimate of drug-likeness (QED) is 0.513. The Kier molecular flexibility index (Phi) is 6.99. The summed E-state index contributed by atoms with van der Waals surface area (Å²) < 4.78 is 17.9. The molecule has 0 aliphatic carbocycles. The molecule has 1 atom stereocenters. The van der Waals surface area contributed by atoms with Crippen LogP contribution in [0.5, 0.6) is 11.5 Å². The Hall–Kier alpha value is -4.29. The van der Waals surface area contributed by atoms with Crippen LogP contribution in [0.15, 0.2) is 58.9 Å². The standard InChI is InChI=1S/C27H25N3O5S/c1-15(2)35-27(32)23-22(17-7-11-19(34-4)12-8-17)20(14-28)24(29)30-25(31)21(36-26(23)30)13-16-5-9-18(33-3)10-6-16/h5-13,15,22H,29H2,1-4H3/b21-13-/t22-/m1/s1. The highest BCUT2D eigenvalue weighted by Crippen LogP contribution is 2.37. The summed E-state index contributed by atoms with van der Waals surface area (Å²) in [6, 6.07) is 16.4. The number of ether oxygens (including phenoxy) is 3. The second-order valence-electron chi connectivity index (χ2n) is 8.31. The van der Waals surface area contributed by atoms with Crippen LogP contribution in [0.2, 0.25) is 0 Å². The third kappa shape index (κ3) is 4.51. The van der Waals surface area contributed by atoms with Gasteiger partial charge in [-0.1, -0.05) is 24.3 Å². The van der Waals surface area contributed by atoms with Gasteiger partial charge in [-0.05, 0) is 55.3 Å². The molecule has 0 saturated carbocycles. The summed E-state index contributed by atoms with van der Waals surface area (Å²) in [7, 11) is 3.13. The number of methoxy groups -OCH3 is 2. The van der Waals surface area contributed by atoms with Crippen molar-refractivity contribution < 1.29 is 19.0 Å². The molecule has 2 heterocycles. The number of aromatic nitrogens is 1. The molecule has 0 unspecified atom stereocenters. The number of allylic oxidation sites excluding steroid dienone is 1. The number of hydrogen-bond donors (Lipinski definition) is 1. The molecule has 0 radical (unpaired) electrons. The maximum absolute atomic E-state index is 13.4. The molecule has 3 aromatic rings. The van der Waals surface area contributed by atoms with Crippen molar-refractivity contribution >= 4 is 34.8 Å². The molecule has 0 saturated heterocycles. The lowest BCUT2D eigenvalue weighted by atomic mass is 9.84. The van der Waals surface area contributed by atoms with Gasteiger partial charge in [0.05, 0.1) is 48.0 Å². The van der Waals surface area contributed by atoms with Crippen LogP contribution in [0.25, 0.3) is 17.5 Å². The van der Waals surface area contributed by atoms with Crippen LogP contribution in [0.1, 0.15) is 30.9 Å². The summed E-state index contributed by atoms with van der Waals surface area (Å²) in [5.41, 5.74) is 7.69. The fourth-order valence-corrected chi connectivity index (χ4v) is 5.17. The predicted octanol–water partition coefficient (Wildman–Crippen LogP) is 2.31. The van der Waals surface area contributed by atoms with Crippen LogP contribution in [-0.2, 0) is 9.53 Å². The van der Waals surface area contributed by atoms with E-state index < -0.39 is 23.6 Å². The highest BCUT2D eigenvalue weighted by Gasteiger charge is 2.36. The molecule has 4 rings (SSSR count). The van der Waals surface area contributed by atoms with Crippen LogP contribution < -0.4 is 30.0 Å². The monoisotopic (exact) mass is 503 g/mol. The average Bonchev–Trinajstić information content (AvgIpc) is 3.19. The van der Waals surface area contributed by atoms with Gasteiger partial charge in [-0.25, -0.2) is 4.79 Å². The first kappa shape index (κ1) is 24.8. The van der Waals surface area contributed by atoms with Crippen LogP contribution in [0.3, 0.4) is 0 Å². The molecular weight excluding hydrogens is 478 g/mol. The van der Waals surface area contributed by atoms with E-state index in [2.05, 4.69) is 6.07 Å². The van der Waals surface area contributed by atoms with Crippen molar-refractivity contribution in [2.45, 2.75) is 25.9 Å². The summed E-state index contributed by atoms with van der Waals surface area (Å²) in [5.74, 6) is -0.114. The lowest BCUT2D eigenvalue weighted by Crippen LogP contribution is -2.40.